The zero-order valence-corrected chi connectivity index (χ0v) is 26.3. The van der Waals surface area contributed by atoms with Gasteiger partial charge in [-0.3, -0.25) is 19.5 Å². The van der Waals surface area contributed by atoms with E-state index in [0.717, 1.165) is 19.6 Å². The third-order valence-corrected chi connectivity index (χ3v) is 8.98. The lowest BCUT2D eigenvalue weighted by atomic mass is 9.88. The Labute approximate surface area is 267 Å². The number of ether oxygens (including phenoxy) is 3. The molecule has 1 saturated heterocycles. The number of hydrogen-bond donors (Lipinski definition) is 0. The fourth-order valence-electron chi connectivity index (χ4n) is 5.59. The van der Waals surface area contributed by atoms with Crippen molar-refractivity contribution in [1.29, 1.82) is 0 Å². The van der Waals surface area contributed by atoms with Crippen LogP contribution >= 0.6 is 15.9 Å². The lowest BCUT2D eigenvalue weighted by Gasteiger charge is -2.29. The molecule has 2 aromatic heterocycles. The Morgan fingerprint density at radius 2 is 1.67 bits per heavy atom. The molecule has 45 heavy (non-hydrogen) atoms. The summed E-state index contributed by atoms with van der Waals surface area (Å²) in [6.07, 6.45) is 3.94. The molecule has 1 saturated carbocycles. The number of Topliss-reactive ketones (excluding diaryl/α,β-unsaturated/α-hetero) is 2. The number of pyridine rings is 2. The summed E-state index contributed by atoms with van der Waals surface area (Å²) in [4.78, 5) is 37.4. The van der Waals surface area contributed by atoms with Crippen LogP contribution in [-0.4, -0.2) is 65.4 Å². The van der Waals surface area contributed by atoms with Gasteiger partial charge in [-0.15, -0.1) is 0 Å². The third-order valence-electron chi connectivity index (χ3n) is 8.26. The van der Waals surface area contributed by atoms with Gasteiger partial charge in [0, 0.05) is 44.9 Å². The molecule has 0 N–H and O–H groups in total. The molecule has 11 heteroatoms. The van der Waals surface area contributed by atoms with E-state index in [1.807, 2.05) is 6.92 Å². The molecule has 0 radical (unpaired) electrons. The van der Waals surface area contributed by atoms with Crippen LogP contribution < -0.4 is 9.47 Å². The highest BCUT2D eigenvalue weighted by Crippen LogP contribution is 2.49. The van der Waals surface area contributed by atoms with E-state index in [-0.39, 0.29) is 42.1 Å². The highest BCUT2D eigenvalue weighted by molar-refractivity contribution is 9.10. The van der Waals surface area contributed by atoms with Crippen LogP contribution in [0.5, 0.6) is 17.4 Å². The standard InChI is InChI=1S/C34H32BrF2N3O5/c1-21(20-40-12-14-43-15-13-40)44-33-31(35)32-25(19-39-33)27(8-11-38-32)45-28-7-4-23(16-26(28)37)18-30(42)34(9-10-34)29(41)17-22-2-5-24(36)6-3-22/h2-8,11,16,19,21H,9-10,12-15,17-18,20H2,1H3. The number of hydrogen-bond acceptors (Lipinski definition) is 8. The average Bonchev–Trinajstić information content (AvgIpc) is 3.84. The highest BCUT2D eigenvalue weighted by Gasteiger charge is 2.54. The van der Waals surface area contributed by atoms with Crippen molar-refractivity contribution in [2.24, 2.45) is 5.41 Å². The van der Waals surface area contributed by atoms with Crippen LogP contribution in [0.3, 0.4) is 0 Å². The minimum absolute atomic E-state index is 0.0252. The van der Waals surface area contributed by atoms with E-state index >= 15 is 4.39 Å². The van der Waals surface area contributed by atoms with Gasteiger partial charge in [0.25, 0.3) is 0 Å². The normalized spacial score (nSPS) is 16.7. The van der Waals surface area contributed by atoms with Crippen LogP contribution in [0.25, 0.3) is 10.9 Å². The third kappa shape index (κ3) is 7.05. The second-order valence-electron chi connectivity index (χ2n) is 11.6. The van der Waals surface area contributed by atoms with Crippen molar-refractivity contribution < 1.29 is 32.6 Å². The summed E-state index contributed by atoms with van der Waals surface area (Å²) in [5.41, 5.74) is 0.599. The van der Waals surface area contributed by atoms with E-state index in [0.29, 0.717) is 64.2 Å². The average molecular weight is 681 g/mol. The SMILES string of the molecule is CC(CN1CCOCC1)Oc1ncc2c(Oc3ccc(CC(=O)C4(C(=O)Cc5ccc(F)cc5)CC4)cc3F)ccnc2c1Br. The minimum Gasteiger partial charge on any atom is -0.472 e. The number of halogens is 3. The molecule has 3 heterocycles. The molecule has 0 spiro atoms. The molecule has 1 aliphatic carbocycles. The largest absolute Gasteiger partial charge is 0.472 e. The van der Waals surface area contributed by atoms with Crippen molar-refractivity contribution in [3.8, 4) is 17.4 Å². The maximum atomic E-state index is 15.3. The molecule has 6 rings (SSSR count). The summed E-state index contributed by atoms with van der Waals surface area (Å²) in [6, 6.07) is 11.6. The van der Waals surface area contributed by atoms with E-state index in [9.17, 15) is 14.0 Å². The van der Waals surface area contributed by atoms with E-state index in [1.165, 1.54) is 24.3 Å². The topological polar surface area (TPSA) is 90.9 Å². The molecular formula is C34H32BrF2N3O5. The molecular weight excluding hydrogens is 648 g/mol. The van der Waals surface area contributed by atoms with Crippen molar-refractivity contribution in [2.75, 3.05) is 32.8 Å². The zero-order chi connectivity index (χ0) is 31.6. The Morgan fingerprint density at radius 3 is 2.36 bits per heavy atom. The number of aromatic nitrogens is 2. The molecule has 234 valence electrons. The van der Waals surface area contributed by atoms with Crippen LogP contribution in [0, 0.1) is 17.0 Å². The van der Waals surface area contributed by atoms with Gasteiger partial charge in [0.15, 0.2) is 23.1 Å². The Kier molecular flexibility index (Phi) is 9.21. The van der Waals surface area contributed by atoms with Gasteiger partial charge in [-0.1, -0.05) is 18.2 Å². The number of morpholine rings is 1. The number of carbonyl (C=O) groups excluding carboxylic acids is 2. The Morgan fingerprint density at radius 1 is 0.978 bits per heavy atom. The number of benzene rings is 2. The van der Waals surface area contributed by atoms with Gasteiger partial charge in [-0.25, -0.2) is 13.8 Å². The van der Waals surface area contributed by atoms with Gasteiger partial charge in [0.05, 0.1) is 29.5 Å². The van der Waals surface area contributed by atoms with Crippen molar-refractivity contribution in [1.82, 2.24) is 14.9 Å². The molecule has 2 aromatic carbocycles. The molecule has 2 fully saturated rings. The number of fused-ring (bicyclic) bond motifs is 1. The quantitative estimate of drug-likeness (QED) is 0.162. The number of nitrogens with zero attached hydrogens (tertiary/aromatic N) is 3. The van der Waals surface area contributed by atoms with Gasteiger partial charge >= 0.3 is 0 Å². The van der Waals surface area contributed by atoms with Crippen LogP contribution in [0.1, 0.15) is 30.9 Å². The van der Waals surface area contributed by atoms with Gasteiger partial charge in [-0.05, 0) is 77.2 Å². The predicted octanol–water partition coefficient (Wildman–Crippen LogP) is 6.27. The molecule has 4 aromatic rings. The lowest BCUT2D eigenvalue weighted by Crippen LogP contribution is -2.41. The van der Waals surface area contributed by atoms with Crippen LogP contribution in [0.15, 0.2) is 65.4 Å². The summed E-state index contributed by atoms with van der Waals surface area (Å²) >= 11 is 3.57. The van der Waals surface area contributed by atoms with Gasteiger partial charge in [-0.2, -0.15) is 0 Å². The van der Waals surface area contributed by atoms with E-state index in [1.54, 1.807) is 36.7 Å². The molecule has 0 bridgehead atoms. The van der Waals surface area contributed by atoms with E-state index < -0.39 is 11.2 Å². The molecule has 0 amide bonds. The van der Waals surface area contributed by atoms with Gasteiger partial charge in [0.1, 0.15) is 22.1 Å². The maximum Gasteiger partial charge on any atom is 0.230 e. The summed E-state index contributed by atoms with van der Waals surface area (Å²) in [7, 11) is 0. The molecule has 2 aliphatic rings. The molecule has 1 unspecified atom stereocenters. The van der Waals surface area contributed by atoms with Crippen LogP contribution in [-0.2, 0) is 27.2 Å². The van der Waals surface area contributed by atoms with Crippen molar-refractivity contribution in [3.63, 3.8) is 0 Å². The molecule has 8 nitrogen and oxygen atoms in total. The van der Waals surface area contributed by atoms with Crippen LogP contribution in [0.2, 0.25) is 0 Å². The van der Waals surface area contributed by atoms with Gasteiger partial charge in [0.2, 0.25) is 5.88 Å². The highest BCUT2D eigenvalue weighted by atomic mass is 79.9. The second-order valence-corrected chi connectivity index (χ2v) is 12.4. The summed E-state index contributed by atoms with van der Waals surface area (Å²) in [6.45, 7) is 5.85. The molecule has 1 atom stereocenters. The zero-order valence-electron chi connectivity index (χ0n) is 24.7. The Hall–Kier alpha value is -3.80. The van der Waals surface area contributed by atoms with Crippen molar-refractivity contribution in [3.05, 3.63) is 88.2 Å². The van der Waals surface area contributed by atoms with E-state index in [4.69, 9.17) is 14.2 Å². The summed E-state index contributed by atoms with van der Waals surface area (Å²) < 4.78 is 46.5. The second kappa shape index (κ2) is 13.3. The maximum absolute atomic E-state index is 15.3. The first-order valence-corrected chi connectivity index (χ1v) is 15.7. The van der Waals surface area contributed by atoms with E-state index in [2.05, 4.69) is 30.8 Å². The lowest BCUT2D eigenvalue weighted by molar-refractivity contribution is -0.133. The fourth-order valence-corrected chi connectivity index (χ4v) is 6.10. The first kappa shape index (κ1) is 31.2. The van der Waals surface area contributed by atoms with Crippen molar-refractivity contribution >= 4 is 38.4 Å². The summed E-state index contributed by atoms with van der Waals surface area (Å²) in [5, 5.41) is 0.562. The smallest absolute Gasteiger partial charge is 0.230 e. The fraction of sp³-hybridized carbons (Fsp3) is 0.353. The minimum atomic E-state index is -1.06. The summed E-state index contributed by atoms with van der Waals surface area (Å²) in [5.74, 6) is -0.729. The number of ketones is 2. The first-order valence-electron chi connectivity index (χ1n) is 14.9. The first-order chi connectivity index (χ1) is 21.7. The van der Waals surface area contributed by atoms with Gasteiger partial charge < -0.3 is 14.2 Å². The monoisotopic (exact) mass is 679 g/mol. The van der Waals surface area contributed by atoms with Crippen LogP contribution in [0.4, 0.5) is 8.78 Å². The predicted molar refractivity (Wildman–Crippen MR) is 167 cm³/mol. The number of carbonyl (C=O) groups is 2. The Balaban J connectivity index is 1.12. The number of rotatable bonds is 12. The van der Waals surface area contributed by atoms with Crippen molar-refractivity contribution in [2.45, 2.75) is 38.7 Å². The molecule has 1 aliphatic heterocycles. The Bertz CT molecular complexity index is 1730.